The van der Waals surface area contributed by atoms with Gasteiger partial charge in [0.2, 0.25) is 0 Å². The van der Waals surface area contributed by atoms with Crippen molar-refractivity contribution in [1.29, 1.82) is 0 Å². The van der Waals surface area contributed by atoms with Crippen LogP contribution in [0.5, 0.6) is 11.5 Å². The molecule has 0 aliphatic carbocycles. The van der Waals surface area contributed by atoms with E-state index >= 15 is 0 Å². The molecule has 0 aliphatic rings. The molecule has 4 rings (SSSR count). The third-order valence-electron chi connectivity index (χ3n) is 5.55. The van der Waals surface area contributed by atoms with Crippen LogP contribution in [0, 0.1) is 6.92 Å². The summed E-state index contributed by atoms with van der Waals surface area (Å²) in [6, 6.07) is 19.7. The third kappa shape index (κ3) is 4.78. The minimum absolute atomic E-state index is 0.0160. The quantitative estimate of drug-likeness (QED) is 0.425. The minimum Gasteiger partial charge on any atom is -0.493 e. The number of anilines is 1. The Kier molecular flexibility index (Phi) is 6.63. The lowest BCUT2D eigenvalue weighted by molar-refractivity contribution is 0.0827. The molecule has 0 fully saturated rings. The van der Waals surface area contributed by atoms with Gasteiger partial charge < -0.3 is 19.7 Å². The van der Waals surface area contributed by atoms with Gasteiger partial charge in [-0.25, -0.2) is 9.97 Å². The number of nitrogens with one attached hydrogen (secondary N) is 1. The normalized spacial score (nSPS) is 10.7. The van der Waals surface area contributed by atoms with Gasteiger partial charge in [-0.2, -0.15) is 0 Å². The number of amides is 1. The SMILES string of the molecule is COc1cc2nc(C)nc(NCc3cccc(-c4cccc(C(=O)N(C)C)c4)c3)c2cc1OC. The van der Waals surface area contributed by atoms with Crippen molar-refractivity contribution in [3.63, 3.8) is 0 Å². The second-order valence-electron chi connectivity index (χ2n) is 8.18. The molecule has 0 radical (unpaired) electrons. The topological polar surface area (TPSA) is 76.6 Å². The molecule has 1 N–H and O–H groups in total. The van der Waals surface area contributed by atoms with Crippen molar-refractivity contribution < 1.29 is 14.3 Å². The number of hydrogen-bond acceptors (Lipinski definition) is 6. The number of fused-ring (bicyclic) bond motifs is 1. The second kappa shape index (κ2) is 9.79. The van der Waals surface area contributed by atoms with Crippen LogP contribution < -0.4 is 14.8 Å². The van der Waals surface area contributed by atoms with Crippen molar-refractivity contribution in [2.45, 2.75) is 13.5 Å². The molecule has 0 unspecified atom stereocenters. The number of carbonyl (C=O) groups is 1. The summed E-state index contributed by atoms with van der Waals surface area (Å²) in [5.74, 6) is 2.63. The standard InChI is InChI=1S/C27H28N4O3/c1-17-29-23-15-25(34-5)24(33-4)14-22(23)26(30-17)28-16-18-8-6-9-19(12-18)20-10-7-11-21(13-20)27(32)31(2)3/h6-15H,16H2,1-5H3,(H,28,29,30). The molecule has 174 valence electrons. The molecule has 4 aromatic rings. The zero-order chi connectivity index (χ0) is 24.2. The largest absolute Gasteiger partial charge is 0.493 e. The molecule has 1 heterocycles. The number of rotatable bonds is 7. The van der Waals surface area contributed by atoms with E-state index in [0.29, 0.717) is 29.4 Å². The van der Waals surface area contributed by atoms with Crippen LogP contribution in [0.3, 0.4) is 0 Å². The molecule has 0 aliphatic heterocycles. The highest BCUT2D eigenvalue weighted by Gasteiger charge is 2.13. The van der Waals surface area contributed by atoms with Crippen LogP contribution in [0.25, 0.3) is 22.0 Å². The molecule has 7 nitrogen and oxygen atoms in total. The van der Waals surface area contributed by atoms with Gasteiger partial charge in [0.25, 0.3) is 5.91 Å². The fourth-order valence-corrected chi connectivity index (χ4v) is 3.84. The van der Waals surface area contributed by atoms with Gasteiger partial charge in [0.05, 0.1) is 19.7 Å². The molecule has 0 spiro atoms. The second-order valence-corrected chi connectivity index (χ2v) is 8.18. The lowest BCUT2D eigenvalue weighted by Gasteiger charge is -2.14. The van der Waals surface area contributed by atoms with Crippen molar-refractivity contribution in [3.05, 3.63) is 77.6 Å². The van der Waals surface area contributed by atoms with Gasteiger partial charge in [-0.05, 0) is 47.9 Å². The molecule has 0 saturated heterocycles. The Morgan fingerprint density at radius 3 is 2.29 bits per heavy atom. The zero-order valence-corrected chi connectivity index (χ0v) is 20.0. The third-order valence-corrected chi connectivity index (χ3v) is 5.55. The smallest absolute Gasteiger partial charge is 0.253 e. The van der Waals surface area contributed by atoms with Crippen LogP contribution in [0.4, 0.5) is 5.82 Å². The van der Waals surface area contributed by atoms with Crippen LogP contribution in [0.15, 0.2) is 60.7 Å². The molecule has 0 bridgehead atoms. The van der Waals surface area contributed by atoms with Crippen molar-refractivity contribution in [2.75, 3.05) is 33.6 Å². The first-order valence-corrected chi connectivity index (χ1v) is 10.9. The highest BCUT2D eigenvalue weighted by atomic mass is 16.5. The van der Waals surface area contributed by atoms with E-state index in [0.717, 1.165) is 33.4 Å². The number of nitrogens with zero attached hydrogens (tertiary/aromatic N) is 3. The highest BCUT2D eigenvalue weighted by molar-refractivity contribution is 5.95. The van der Waals surface area contributed by atoms with Crippen LogP contribution in [-0.2, 0) is 6.54 Å². The van der Waals surface area contributed by atoms with Crippen molar-refractivity contribution in [2.24, 2.45) is 0 Å². The summed E-state index contributed by atoms with van der Waals surface area (Å²) in [7, 11) is 6.73. The van der Waals surface area contributed by atoms with Crippen LogP contribution in [-0.4, -0.2) is 49.1 Å². The van der Waals surface area contributed by atoms with E-state index in [1.165, 1.54) is 0 Å². The Labute approximate surface area is 199 Å². The van der Waals surface area contributed by atoms with E-state index in [9.17, 15) is 4.79 Å². The number of ether oxygens (including phenoxy) is 2. The van der Waals surface area contributed by atoms with Crippen LogP contribution in [0.1, 0.15) is 21.7 Å². The Hall–Kier alpha value is -4.13. The Balaban J connectivity index is 1.62. The molecular weight excluding hydrogens is 428 g/mol. The zero-order valence-electron chi connectivity index (χ0n) is 20.0. The highest BCUT2D eigenvalue weighted by Crippen LogP contribution is 2.34. The Morgan fingerprint density at radius 2 is 1.59 bits per heavy atom. The van der Waals surface area contributed by atoms with Gasteiger partial charge in [0.15, 0.2) is 11.5 Å². The van der Waals surface area contributed by atoms with Crippen molar-refractivity contribution >= 4 is 22.6 Å². The summed E-state index contributed by atoms with van der Waals surface area (Å²) in [5.41, 5.74) is 4.58. The molecule has 34 heavy (non-hydrogen) atoms. The van der Waals surface area contributed by atoms with Gasteiger partial charge in [0.1, 0.15) is 11.6 Å². The number of benzene rings is 3. The fraction of sp³-hybridized carbons (Fsp3) is 0.222. The maximum absolute atomic E-state index is 12.4. The van der Waals surface area contributed by atoms with Crippen LogP contribution >= 0.6 is 0 Å². The summed E-state index contributed by atoms with van der Waals surface area (Å²) in [4.78, 5) is 23.1. The molecule has 7 heteroatoms. The summed E-state index contributed by atoms with van der Waals surface area (Å²) >= 11 is 0. The molecule has 3 aromatic carbocycles. The Morgan fingerprint density at radius 1 is 0.912 bits per heavy atom. The van der Waals surface area contributed by atoms with E-state index in [4.69, 9.17) is 9.47 Å². The first-order chi connectivity index (χ1) is 16.4. The van der Waals surface area contributed by atoms with E-state index in [2.05, 4.69) is 27.4 Å². The maximum Gasteiger partial charge on any atom is 0.253 e. The van der Waals surface area contributed by atoms with E-state index < -0.39 is 0 Å². The van der Waals surface area contributed by atoms with Crippen molar-refractivity contribution in [3.8, 4) is 22.6 Å². The average Bonchev–Trinajstić information content (AvgIpc) is 2.86. The molecular formula is C27H28N4O3. The van der Waals surface area contributed by atoms with E-state index in [1.54, 1.807) is 33.2 Å². The van der Waals surface area contributed by atoms with Gasteiger partial charge in [-0.15, -0.1) is 0 Å². The lowest BCUT2D eigenvalue weighted by Crippen LogP contribution is -2.21. The van der Waals surface area contributed by atoms with Gasteiger partial charge in [-0.3, -0.25) is 4.79 Å². The van der Waals surface area contributed by atoms with Crippen LogP contribution in [0.2, 0.25) is 0 Å². The number of aryl methyl sites for hydroxylation is 1. The van der Waals surface area contributed by atoms with Gasteiger partial charge in [0, 0.05) is 37.7 Å². The maximum atomic E-state index is 12.4. The summed E-state index contributed by atoms with van der Waals surface area (Å²) in [6.45, 7) is 2.44. The number of methoxy groups -OCH3 is 2. The summed E-state index contributed by atoms with van der Waals surface area (Å²) < 4.78 is 10.9. The summed E-state index contributed by atoms with van der Waals surface area (Å²) in [5, 5.41) is 4.30. The number of aromatic nitrogens is 2. The molecule has 1 aromatic heterocycles. The first-order valence-electron chi connectivity index (χ1n) is 10.9. The predicted molar refractivity (Wildman–Crippen MR) is 135 cm³/mol. The lowest BCUT2D eigenvalue weighted by atomic mass is 10.0. The average molecular weight is 457 g/mol. The number of carbonyl (C=O) groups excluding carboxylic acids is 1. The van der Waals surface area contributed by atoms with E-state index in [1.807, 2.05) is 55.5 Å². The monoisotopic (exact) mass is 456 g/mol. The molecule has 0 atom stereocenters. The summed E-state index contributed by atoms with van der Waals surface area (Å²) in [6.07, 6.45) is 0. The minimum atomic E-state index is -0.0160. The van der Waals surface area contributed by atoms with E-state index in [-0.39, 0.29) is 5.91 Å². The molecule has 1 amide bonds. The number of hydrogen-bond donors (Lipinski definition) is 1. The fourth-order valence-electron chi connectivity index (χ4n) is 3.84. The first kappa shape index (κ1) is 23.0. The molecule has 0 saturated carbocycles. The van der Waals surface area contributed by atoms with Gasteiger partial charge >= 0.3 is 0 Å². The predicted octanol–water partition coefficient (Wildman–Crippen LogP) is 4.94. The van der Waals surface area contributed by atoms with Crippen molar-refractivity contribution in [1.82, 2.24) is 14.9 Å². The Bertz CT molecular complexity index is 1350. The van der Waals surface area contributed by atoms with Gasteiger partial charge in [-0.1, -0.05) is 30.3 Å².